The highest BCUT2D eigenvalue weighted by Gasteiger charge is 2.20. The first-order valence-electron chi connectivity index (χ1n) is 7.44. The molecule has 0 spiro atoms. The Morgan fingerprint density at radius 3 is 2.00 bits per heavy atom. The van der Waals surface area contributed by atoms with Crippen molar-refractivity contribution in [1.82, 2.24) is 14.9 Å². The van der Waals surface area contributed by atoms with Gasteiger partial charge in [0.15, 0.2) is 0 Å². The van der Waals surface area contributed by atoms with E-state index in [0.29, 0.717) is 26.1 Å². The molecule has 0 saturated carbocycles. The summed E-state index contributed by atoms with van der Waals surface area (Å²) in [6.07, 6.45) is 4.11. The molecule has 22 heavy (non-hydrogen) atoms. The summed E-state index contributed by atoms with van der Waals surface area (Å²) in [6, 6.07) is 11.5. The molecule has 5 heteroatoms. The standard InChI is InChI=1S/C17H21N3O2/c1-2-14(17(21)22)11-20(12-15-7-3-5-9-18-15)13-16-8-4-6-10-19-16/h3-10,14H,2,11-13H2,1H3,(H,21,22). The molecular weight excluding hydrogens is 278 g/mol. The Hall–Kier alpha value is -2.27. The Bertz CT molecular complexity index is 533. The van der Waals surface area contributed by atoms with E-state index in [1.165, 1.54) is 0 Å². The van der Waals surface area contributed by atoms with Gasteiger partial charge >= 0.3 is 5.97 Å². The van der Waals surface area contributed by atoms with Crippen molar-refractivity contribution < 1.29 is 9.90 Å². The Morgan fingerprint density at radius 2 is 1.64 bits per heavy atom. The first-order chi connectivity index (χ1) is 10.7. The number of carboxylic acid groups (broad SMARTS) is 1. The van der Waals surface area contributed by atoms with Gasteiger partial charge in [0.2, 0.25) is 0 Å². The molecule has 0 aliphatic rings. The molecule has 2 rings (SSSR count). The molecule has 0 bridgehead atoms. The van der Waals surface area contributed by atoms with Crippen LogP contribution in [0.5, 0.6) is 0 Å². The third-order valence-corrected chi connectivity index (χ3v) is 3.54. The maximum absolute atomic E-state index is 11.3. The summed E-state index contributed by atoms with van der Waals surface area (Å²) in [5.41, 5.74) is 1.86. The molecule has 0 fully saturated rings. The first kappa shape index (κ1) is 16.1. The second kappa shape index (κ2) is 8.24. The number of nitrogens with zero attached hydrogens (tertiary/aromatic N) is 3. The molecular formula is C17H21N3O2. The second-order valence-corrected chi connectivity index (χ2v) is 5.26. The maximum Gasteiger partial charge on any atom is 0.307 e. The van der Waals surface area contributed by atoms with Gasteiger partial charge in [-0.3, -0.25) is 19.7 Å². The van der Waals surface area contributed by atoms with E-state index in [0.717, 1.165) is 11.4 Å². The summed E-state index contributed by atoms with van der Waals surface area (Å²) in [4.78, 5) is 22.1. The Kier molecular flexibility index (Phi) is 6.03. The van der Waals surface area contributed by atoms with Crippen LogP contribution in [0.15, 0.2) is 48.8 Å². The van der Waals surface area contributed by atoms with Crippen LogP contribution in [-0.4, -0.2) is 32.5 Å². The predicted molar refractivity (Wildman–Crippen MR) is 84.0 cm³/mol. The molecule has 1 N–H and O–H groups in total. The van der Waals surface area contributed by atoms with Crippen LogP contribution in [0.25, 0.3) is 0 Å². The van der Waals surface area contributed by atoms with Crippen molar-refractivity contribution in [3.8, 4) is 0 Å². The molecule has 1 atom stereocenters. The van der Waals surface area contributed by atoms with Crippen molar-refractivity contribution in [2.75, 3.05) is 6.54 Å². The average molecular weight is 299 g/mol. The zero-order valence-electron chi connectivity index (χ0n) is 12.7. The van der Waals surface area contributed by atoms with Crippen LogP contribution in [0.1, 0.15) is 24.7 Å². The van der Waals surface area contributed by atoms with Crippen molar-refractivity contribution >= 4 is 5.97 Å². The fourth-order valence-electron chi connectivity index (χ4n) is 2.32. The number of carbonyl (C=O) groups is 1. The number of pyridine rings is 2. The van der Waals surface area contributed by atoms with Gasteiger partial charge in [0.1, 0.15) is 0 Å². The highest BCUT2D eigenvalue weighted by molar-refractivity contribution is 5.70. The molecule has 0 aromatic carbocycles. The lowest BCUT2D eigenvalue weighted by atomic mass is 10.1. The van der Waals surface area contributed by atoms with Crippen LogP contribution in [0, 0.1) is 5.92 Å². The van der Waals surface area contributed by atoms with Gasteiger partial charge in [0.25, 0.3) is 0 Å². The highest BCUT2D eigenvalue weighted by Crippen LogP contribution is 2.12. The minimum Gasteiger partial charge on any atom is -0.481 e. The van der Waals surface area contributed by atoms with Crippen LogP contribution in [-0.2, 0) is 17.9 Å². The first-order valence-corrected chi connectivity index (χ1v) is 7.44. The van der Waals surface area contributed by atoms with E-state index in [1.54, 1.807) is 12.4 Å². The smallest absolute Gasteiger partial charge is 0.307 e. The van der Waals surface area contributed by atoms with E-state index in [9.17, 15) is 9.90 Å². The van der Waals surface area contributed by atoms with Gasteiger partial charge in [-0.1, -0.05) is 19.1 Å². The largest absolute Gasteiger partial charge is 0.481 e. The lowest BCUT2D eigenvalue weighted by Gasteiger charge is -2.24. The van der Waals surface area contributed by atoms with Gasteiger partial charge in [-0.25, -0.2) is 0 Å². The van der Waals surface area contributed by atoms with Crippen LogP contribution in [0.2, 0.25) is 0 Å². The van der Waals surface area contributed by atoms with Gasteiger partial charge in [0.05, 0.1) is 17.3 Å². The Labute approximate surface area is 130 Å². The third-order valence-electron chi connectivity index (χ3n) is 3.54. The van der Waals surface area contributed by atoms with Gasteiger partial charge in [-0.05, 0) is 30.7 Å². The molecule has 5 nitrogen and oxygen atoms in total. The van der Waals surface area contributed by atoms with E-state index < -0.39 is 5.97 Å². The van der Waals surface area contributed by atoms with Crippen molar-refractivity contribution in [3.63, 3.8) is 0 Å². The third kappa shape index (κ3) is 4.93. The van der Waals surface area contributed by atoms with E-state index in [4.69, 9.17) is 0 Å². The van der Waals surface area contributed by atoms with Crippen LogP contribution >= 0.6 is 0 Å². The molecule has 116 valence electrons. The van der Waals surface area contributed by atoms with Crippen molar-refractivity contribution in [3.05, 3.63) is 60.2 Å². The molecule has 2 aromatic heterocycles. The van der Waals surface area contributed by atoms with Gasteiger partial charge in [-0.15, -0.1) is 0 Å². The Morgan fingerprint density at radius 1 is 1.09 bits per heavy atom. The predicted octanol–water partition coefficient (Wildman–Crippen LogP) is 2.59. The summed E-state index contributed by atoms with van der Waals surface area (Å²) in [5.74, 6) is -1.14. The van der Waals surface area contributed by atoms with Gasteiger partial charge < -0.3 is 5.11 Å². The summed E-state index contributed by atoms with van der Waals surface area (Å²) >= 11 is 0. The number of aliphatic carboxylic acids is 1. The molecule has 0 amide bonds. The topological polar surface area (TPSA) is 66.3 Å². The van der Waals surface area contributed by atoms with Crippen molar-refractivity contribution in [2.24, 2.45) is 5.92 Å². The molecule has 0 saturated heterocycles. The summed E-state index contributed by atoms with van der Waals surface area (Å²) in [5, 5.41) is 9.30. The van der Waals surface area contributed by atoms with Gasteiger partial charge in [0, 0.05) is 32.0 Å². The van der Waals surface area contributed by atoms with E-state index in [-0.39, 0.29) is 5.92 Å². The Balaban J connectivity index is 2.11. The molecule has 0 radical (unpaired) electrons. The average Bonchev–Trinajstić information content (AvgIpc) is 2.54. The summed E-state index contributed by atoms with van der Waals surface area (Å²) < 4.78 is 0. The van der Waals surface area contributed by atoms with Crippen LogP contribution in [0.4, 0.5) is 0 Å². The normalized spacial score (nSPS) is 12.3. The fraction of sp³-hybridized carbons (Fsp3) is 0.353. The van der Waals surface area contributed by atoms with E-state index in [2.05, 4.69) is 14.9 Å². The number of hydrogen-bond donors (Lipinski definition) is 1. The molecule has 2 heterocycles. The van der Waals surface area contributed by atoms with Crippen LogP contribution in [0.3, 0.4) is 0 Å². The maximum atomic E-state index is 11.3. The van der Waals surface area contributed by atoms with E-state index >= 15 is 0 Å². The second-order valence-electron chi connectivity index (χ2n) is 5.26. The number of aromatic nitrogens is 2. The minimum atomic E-state index is -0.755. The van der Waals surface area contributed by atoms with Crippen LogP contribution < -0.4 is 0 Å². The van der Waals surface area contributed by atoms with Gasteiger partial charge in [-0.2, -0.15) is 0 Å². The number of hydrogen-bond acceptors (Lipinski definition) is 4. The zero-order valence-corrected chi connectivity index (χ0v) is 12.7. The minimum absolute atomic E-state index is 0.382. The molecule has 0 aliphatic carbocycles. The number of carboxylic acids is 1. The fourth-order valence-corrected chi connectivity index (χ4v) is 2.32. The highest BCUT2D eigenvalue weighted by atomic mass is 16.4. The van der Waals surface area contributed by atoms with Crippen molar-refractivity contribution in [2.45, 2.75) is 26.4 Å². The molecule has 2 aromatic rings. The number of rotatable bonds is 8. The lowest BCUT2D eigenvalue weighted by molar-refractivity contribution is -0.142. The summed E-state index contributed by atoms with van der Waals surface area (Å²) in [7, 11) is 0. The van der Waals surface area contributed by atoms with E-state index in [1.807, 2.05) is 43.3 Å². The monoisotopic (exact) mass is 299 g/mol. The lowest BCUT2D eigenvalue weighted by Crippen LogP contribution is -2.32. The molecule has 1 unspecified atom stereocenters. The summed E-state index contributed by atoms with van der Waals surface area (Å²) in [6.45, 7) is 3.61. The zero-order chi connectivity index (χ0) is 15.8. The SMILES string of the molecule is CCC(CN(Cc1ccccn1)Cc1ccccn1)C(=O)O. The van der Waals surface area contributed by atoms with Crippen molar-refractivity contribution in [1.29, 1.82) is 0 Å². The molecule has 0 aliphatic heterocycles. The quantitative estimate of drug-likeness (QED) is 0.811.